The summed E-state index contributed by atoms with van der Waals surface area (Å²) in [4.78, 5) is 16.0. The SMILES string of the molecule is CC(C)(C)[Si](C)(C)OCc1cnn(-c2ccc(N3C[C@H](CN=[N+]=[N-])OC3=O)cc2F)c1. The first kappa shape index (κ1) is 22.8. The molecule has 1 atom stereocenters. The van der Waals surface area contributed by atoms with E-state index in [-0.39, 0.29) is 23.8 Å². The summed E-state index contributed by atoms with van der Waals surface area (Å²) in [5, 5.41) is 7.77. The summed E-state index contributed by atoms with van der Waals surface area (Å²) in [5.41, 5.74) is 9.89. The highest BCUT2D eigenvalue weighted by atomic mass is 28.4. The van der Waals surface area contributed by atoms with Gasteiger partial charge in [0.05, 0.1) is 31.6 Å². The van der Waals surface area contributed by atoms with Crippen molar-refractivity contribution in [1.29, 1.82) is 0 Å². The first-order valence-corrected chi connectivity index (χ1v) is 12.9. The maximum atomic E-state index is 14.8. The second-order valence-corrected chi connectivity index (χ2v) is 13.8. The Bertz CT molecular complexity index is 1010. The van der Waals surface area contributed by atoms with Gasteiger partial charge in [-0.2, -0.15) is 5.10 Å². The summed E-state index contributed by atoms with van der Waals surface area (Å²) in [7, 11) is -1.90. The van der Waals surface area contributed by atoms with E-state index in [0.717, 1.165) is 5.56 Å². The van der Waals surface area contributed by atoms with Gasteiger partial charge in [-0.3, -0.25) is 4.90 Å². The number of nitrogens with zero attached hydrogens (tertiary/aromatic N) is 6. The lowest BCUT2D eigenvalue weighted by Crippen LogP contribution is -2.40. The molecule has 0 spiro atoms. The normalized spacial score (nSPS) is 16.9. The number of halogens is 1. The topological polar surface area (TPSA) is 105 Å². The highest BCUT2D eigenvalue weighted by Gasteiger charge is 2.37. The number of carbonyl (C=O) groups is 1. The van der Waals surface area contributed by atoms with Crippen LogP contribution in [0.15, 0.2) is 35.7 Å². The fourth-order valence-electron chi connectivity index (χ4n) is 2.85. The van der Waals surface area contributed by atoms with Crippen molar-refractivity contribution in [3.8, 4) is 5.69 Å². The van der Waals surface area contributed by atoms with Gasteiger partial charge in [0, 0.05) is 16.7 Å². The largest absolute Gasteiger partial charge is 0.444 e. The summed E-state index contributed by atoms with van der Waals surface area (Å²) in [6.45, 7) is 11.5. The third-order valence-electron chi connectivity index (χ3n) is 5.75. The van der Waals surface area contributed by atoms with Crippen LogP contribution >= 0.6 is 0 Å². The molecule has 1 aromatic heterocycles. The van der Waals surface area contributed by atoms with E-state index in [1.807, 2.05) is 0 Å². The van der Waals surface area contributed by atoms with Gasteiger partial charge in [0.1, 0.15) is 11.8 Å². The standard InChI is InChI=1S/C20H27FN6O3Si/c1-20(2,3)31(4,5)29-13-14-9-24-27(11-14)18-7-6-15(8-17(18)21)26-12-16(10-23-25-22)30-19(26)28/h6-9,11,16H,10,12-13H2,1-5H3/t16-/m0/s1. The van der Waals surface area contributed by atoms with Gasteiger partial charge in [0.25, 0.3) is 0 Å². The second-order valence-electron chi connectivity index (χ2n) is 9.01. The first-order chi connectivity index (χ1) is 14.5. The molecule has 1 amide bonds. The van der Waals surface area contributed by atoms with Crippen molar-refractivity contribution in [3.63, 3.8) is 0 Å². The molecule has 1 aliphatic heterocycles. The third kappa shape index (κ3) is 5.06. The molecular weight excluding hydrogens is 419 g/mol. The molecule has 0 N–H and O–H groups in total. The van der Waals surface area contributed by atoms with E-state index in [1.54, 1.807) is 24.5 Å². The Labute approximate surface area is 181 Å². The monoisotopic (exact) mass is 446 g/mol. The molecule has 0 aliphatic carbocycles. The molecule has 9 nitrogen and oxygen atoms in total. The number of cyclic esters (lactones) is 1. The van der Waals surface area contributed by atoms with Gasteiger partial charge in [0.15, 0.2) is 14.1 Å². The van der Waals surface area contributed by atoms with E-state index in [4.69, 9.17) is 14.7 Å². The smallest absolute Gasteiger partial charge is 0.414 e. The number of benzene rings is 1. The minimum atomic E-state index is -1.90. The van der Waals surface area contributed by atoms with E-state index >= 15 is 0 Å². The Morgan fingerprint density at radius 1 is 1.42 bits per heavy atom. The molecule has 2 aromatic rings. The zero-order valence-corrected chi connectivity index (χ0v) is 19.4. The molecule has 0 bridgehead atoms. The quantitative estimate of drug-likeness (QED) is 0.253. The Kier molecular flexibility index (Phi) is 6.39. The Balaban J connectivity index is 1.71. The van der Waals surface area contributed by atoms with Gasteiger partial charge in [-0.15, -0.1) is 0 Å². The number of amides is 1. The summed E-state index contributed by atoms with van der Waals surface area (Å²) >= 11 is 0. The van der Waals surface area contributed by atoms with Gasteiger partial charge < -0.3 is 9.16 Å². The molecule has 0 radical (unpaired) electrons. The predicted octanol–water partition coefficient (Wildman–Crippen LogP) is 5.17. The van der Waals surface area contributed by atoms with Crippen molar-refractivity contribution in [2.45, 2.75) is 51.6 Å². The van der Waals surface area contributed by atoms with E-state index in [2.05, 4.69) is 49.0 Å². The second kappa shape index (κ2) is 8.70. The van der Waals surface area contributed by atoms with Gasteiger partial charge >= 0.3 is 6.09 Å². The molecule has 1 aromatic carbocycles. The highest BCUT2D eigenvalue weighted by Crippen LogP contribution is 2.37. The van der Waals surface area contributed by atoms with Crippen LogP contribution in [0.1, 0.15) is 26.3 Å². The fourth-order valence-corrected chi connectivity index (χ4v) is 3.81. The molecule has 1 saturated heterocycles. The summed E-state index contributed by atoms with van der Waals surface area (Å²) in [6.07, 6.45) is 2.25. The number of hydrogen-bond donors (Lipinski definition) is 0. The van der Waals surface area contributed by atoms with Crippen LogP contribution in [-0.2, 0) is 15.8 Å². The van der Waals surface area contributed by atoms with Crippen molar-refractivity contribution in [2.75, 3.05) is 18.0 Å². The maximum Gasteiger partial charge on any atom is 0.414 e. The van der Waals surface area contributed by atoms with Crippen molar-refractivity contribution in [1.82, 2.24) is 9.78 Å². The zero-order valence-electron chi connectivity index (χ0n) is 18.4. The number of anilines is 1. The highest BCUT2D eigenvalue weighted by molar-refractivity contribution is 6.74. The number of aromatic nitrogens is 2. The summed E-state index contributed by atoms with van der Waals surface area (Å²) in [6, 6.07) is 4.45. The maximum absolute atomic E-state index is 14.8. The minimum Gasteiger partial charge on any atom is -0.444 e. The molecule has 0 saturated carbocycles. The summed E-state index contributed by atoms with van der Waals surface area (Å²) < 4.78 is 27.6. The number of rotatable bonds is 7. The molecule has 1 aliphatic rings. The minimum absolute atomic E-state index is 0.0340. The predicted molar refractivity (Wildman–Crippen MR) is 117 cm³/mol. The van der Waals surface area contributed by atoms with Crippen LogP contribution in [0.4, 0.5) is 14.9 Å². The van der Waals surface area contributed by atoms with E-state index in [0.29, 0.717) is 12.3 Å². The van der Waals surface area contributed by atoms with E-state index in [9.17, 15) is 9.18 Å². The number of hydrogen-bond acceptors (Lipinski definition) is 5. The number of carbonyl (C=O) groups excluding carboxylic acids is 1. The van der Waals surface area contributed by atoms with Crippen LogP contribution in [0.25, 0.3) is 16.1 Å². The lowest BCUT2D eigenvalue weighted by Gasteiger charge is -2.36. The van der Waals surface area contributed by atoms with Crippen LogP contribution in [0, 0.1) is 5.82 Å². The van der Waals surface area contributed by atoms with Crippen LogP contribution in [0.2, 0.25) is 18.1 Å². The molecule has 166 valence electrons. The van der Waals surface area contributed by atoms with Gasteiger partial charge in [-0.1, -0.05) is 25.9 Å². The number of ether oxygens (including phenoxy) is 1. The average Bonchev–Trinajstić information content (AvgIpc) is 3.30. The zero-order chi connectivity index (χ0) is 22.8. The summed E-state index contributed by atoms with van der Waals surface area (Å²) in [5.74, 6) is -0.524. The lowest BCUT2D eigenvalue weighted by atomic mass is 10.2. The van der Waals surface area contributed by atoms with Crippen LogP contribution in [-0.4, -0.2) is 43.4 Å². The Hall–Kier alpha value is -2.88. The molecule has 2 heterocycles. The molecule has 3 rings (SSSR count). The molecule has 0 unspecified atom stereocenters. The molecular formula is C20H27FN6O3Si. The third-order valence-corrected chi connectivity index (χ3v) is 10.2. The van der Waals surface area contributed by atoms with Crippen LogP contribution < -0.4 is 4.90 Å². The molecule has 31 heavy (non-hydrogen) atoms. The Morgan fingerprint density at radius 2 is 2.16 bits per heavy atom. The van der Waals surface area contributed by atoms with Crippen molar-refractivity contribution in [2.24, 2.45) is 5.11 Å². The van der Waals surface area contributed by atoms with E-state index < -0.39 is 26.3 Å². The van der Waals surface area contributed by atoms with Crippen LogP contribution in [0.3, 0.4) is 0 Å². The van der Waals surface area contributed by atoms with Gasteiger partial charge in [-0.05, 0) is 41.9 Å². The van der Waals surface area contributed by atoms with Crippen molar-refractivity contribution < 1.29 is 18.3 Å². The lowest BCUT2D eigenvalue weighted by molar-refractivity contribution is 0.145. The average molecular weight is 447 g/mol. The van der Waals surface area contributed by atoms with Crippen LogP contribution in [0.5, 0.6) is 0 Å². The van der Waals surface area contributed by atoms with Crippen molar-refractivity contribution in [3.05, 3.63) is 52.4 Å². The first-order valence-electron chi connectivity index (χ1n) is 9.98. The molecule has 11 heteroatoms. The number of azide groups is 1. The van der Waals surface area contributed by atoms with Gasteiger partial charge in [0.2, 0.25) is 0 Å². The molecule has 1 fully saturated rings. The Morgan fingerprint density at radius 3 is 2.81 bits per heavy atom. The van der Waals surface area contributed by atoms with Crippen molar-refractivity contribution >= 4 is 20.1 Å². The fraction of sp³-hybridized carbons (Fsp3) is 0.500. The van der Waals surface area contributed by atoms with E-state index in [1.165, 1.54) is 15.6 Å². The van der Waals surface area contributed by atoms with Gasteiger partial charge in [-0.25, -0.2) is 13.9 Å².